The highest BCUT2D eigenvalue weighted by Gasteiger charge is 2.09. The van der Waals surface area contributed by atoms with Crippen molar-refractivity contribution >= 4 is 22.4 Å². The van der Waals surface area contributed by atoms with Gasteiger partial charge in [0.2, 0.25) is 0 Å². The molecule has 2 N–H and O–H groups in total. The van der Waals surface area contributed by atoms with Gasteiger partial charge >= 0.3 is 0 Å². The van der Waals surface area contributed by atoms with Crippen molar-refractivity contribution in [3.63, 3.8) is 0 Å². The molecule has 1 heterocycles. The SMILES string of the molecule is COc1ccc(Nc2ncnc3cc(OC)c(O)cc23)cc1. The first-order valence-electron chi connectivity index (χ1n) is 6.64. The minimum Gasteiger partial charge on any atom is -0.504 e. The lowest BCUT2D eigenvalue weighted by Gasteiger charge is -2.10. The predicted octanol–water partition coefficient (Wildman–Crippen LogP) is 3.10. The fourth-order valence-electron chi connectivity index (χ4n) is 2.15. The van der Waals surface area contributed by atoms with E-state index in [1.54, 1.807) is 19.2 Å². The Hall–Kier alpha value is -3.02. The first-order valence-corrected chi connectivity index (χ1v) is 6.64. The van der Waals surface area contributed by atoms with E-state index in [0.717, 1.165) is 11.4 Å². The Kier molecular flexibility index (Phi) is 3.65. The monoisotopic (exact) mass is 297 g/mol. The molecule has 0 radical (unpaired) electrons. The number of hydrogen-bond acceptors (Lipinski definition) is 6. The number of phenolic OH excluding ortho intramolecular Hbond substituents is 1. The van der Waals surface area contributed by atoms with Crippen molar-refractivity contribution in [2.24, 2.45) is 0 Å². The summed E-state index contributed by atoms with van der Waals surface area (Å²) in [5, 5.41) is 13.9. The second-order valence-corrected chi connectivity index (χ2v) is 4.62. The van der Waals surface area contributed by atoms with Crippen molar-refractivity contribution < 1.29 is 14.6 Å². The summed E-state index contributed by atoms with van der Waals surface area (Å²) in [6.07, 6.45) is 1.46. The van der Waals surface area contributed by atoms with Gasteiger partial charge in [-0.2, -0.15) is 0 Å². The van der Waals surface area contributed by atoms with Crippen LogP contribution in [0.15, 0.2) is 42.7 Å². The summed E-state index contributed by atoms with van der Waals surface area (Å²) >= 11 is 0. The molecule has 0 unspecified atom stereocenters. The summed E-state index contributed by atoms with van der Waals surface area (Å²) in [6, 6.07) is 10.7. The number of nitrogens with zero attached hydrogens (tertiary/aromatic N) is 2. The van der Waals surface area contributed by atoms with Crippen molar-refractivity contribution in [1.82, 2.24) is 9.97 Å². The number of nitrogens with one attached hydrogen (secondary N) is 1. The molecule has 0 fully saturated rings. The van der Waals surface area contributed by atoms with Crippen LogP contribution in [0, 0.1) is 0 Å². The standard InChI is InChI=1S/C16H15N3O3/c1-21-11-5-3-10(4-6-11)19-16-12-7-14(20)15(22-2)8-13(12)17-9-18-16/h3-9,20H,1-2H3,(H,17,18,19). The Balaban J connectivity index is 2.00. The van der Waals surface area contributed by atoms with Crippen molar-refractivity contribution in [1.29, 1.82) is 0 Å². The smallest absolute Gasteiger partial charge is 0.162 e. The molecule has 0 bridgehead atoms. The van der Waals surface area contributed by atoms with E-state index >= 15 is 0 Å². The summed E-state index contributed by atoms with van der Waals surface area (Å²) in [5.74, 6) is 1.80. The summed E-state index contributed by atoms with van der Waals surface area (Å²) in [5.41, 5.74) is 1.54. The molecule has 112 valence electrons. The van der Waals surface area contributed by atoms with Gasteiger partial charge in [0, 0.05) is 17.1 Å². The van der Waals surface area contributed by atoms with E-state index in [9.17, 15) is 5.11 Å². The van der Waals surface area contributed by atoms with Crippen LogP contribution in [0.4, 0.5) is 11.5 Å². The summed E-state index contributed by atoms with van der Waals surface area (Å²) in [6.45, 7) is 0. The van der Waals surface area contributed by atoms with Gasteiger partial charge in [0.05, 0.1) is 19.7 Å². The zero-order valence-electron chi connectivity index (χ0n) is 12.2. The Morgan fingerprint density at radius 3 is 2.45 bits per heavy atom. The second kappa shape index (κ2) is 5.77. The first kappa shape index (κ1) is 13.9. The Labute approximate surface area is 127 Å². The Morgan fingerprint density at radius 2 is 1.77 bits per heavy atom. The zero-order valence-corrected chi connectivity index (χ0v) is 12.2. The number of fused-ring (bicyclic) bond motifs is 1. The van der Waals surface area contributed by atoms with Crippen LogP contribution in [0.2, 0.25) is 0 Å². The average molecular weight is 297 g/mol. The van der Waals surface area contributed by atoms with Crippen molar-refractivity contribution in [3.8, 4) is 17.2 Å². The summed E-state index contributed by atoms with van der Waals surface area (Å²) in [7, 11) is 3.12. The van der Waals surface area contributed by atoms with Gasteiger partial charge in [0.15, 0.2) is 11.5 Å². The molecule has 0 saturated heterocycles. The van der Waals surface area contributed by atoms with Crippen LogP contribution < -0.4 is 14.8 Å². The molecule has 0 aliphatic carbocycles. The Morgan fingerprint density at radius 1 is 1.00 bits per heavy atom. The number of rotatable bonds is 4. The van der Waals surface area contributed by atoms with E-state index in [2.05, 4.69) is 15.3 Å². The molecule has 0 spiro atoms. The molecule has 22 heavy (non-hydrogen) atoms. The third-order valence-electron chi connectivity index (χ3n) is 3.29. The fourth-order valence-corrected chi connectivity index (χ4v) is 2.15. The van der Waals surface area contributed by atoms with E-state index in [4.69, 9.17) is 9.47 Å². The lowest BCUT2D eigenvalue weighted by molar-refractivity contribution is 0.374. The van der Waals surface area contributed by atoms with Gasteiger partial charge in [-0.15, -0.1) is 0 Å². The number of benzene rings is 2. The van der Waals surface area contributed by atoms with Crippen LogP contribution >= 0.6 is 0 Å². The summed E-state index contributed by atoms with van der Waals surface area (Å²) in [4.78, 5) is 8.43. The number of aromatic nitrogens is 2. The molecular weight excluding hydrogens is 282 g/mol. The molecule has 0 aliphatic rings. The lowest BCUT2D eigenvalue weighted by Crippen LogP contribution is -1.96. The van der Waals surface area contributed by atoms with Crippen molar-refractivity contribution in [3.05, 3.63) is 42.7 Å². The van der Waals surface area contributed by atoms with Crippen LogP contribution in [-0.4, -0.2) is 29.3 Å². The zero-order chi connectivity index (χ0) is 15.5. The Bertz CT molecular complexity index is 804. The molecular formula is C16H15N3O3. The molecule has 3 aromatic rings. The number of hydrogen-bond donors (Lipinski definition) is 2. The van der Waals surface area contributed by atoms with Crippen LogP contribution in [0.1, 0.15) is 0 Å². The van der Waals surface area contributed by atoms with Gasteiger partial charge in [0.25, 0.3) is 0 Å². The maximum absolute atomic E-state index is 9.94. The third kappa shape index (κ3) is 2.58. The largest absolute Gasteiger partial charge is 0.504 e. The van der Waals surface area contributed by atoms with Gasteiger partial charge in [-0.05, 0) is 30.3 Å². The molecule has 0 saturated carbocycles. The van der Waals surface area contributed by atoms with Crippen molar-refractivity contribution in [2.45, 2.75) is 0 Å². The van der Waals surface area contributed by atoms with Crippen LogP contribution in [-0.2, 0) is 0 Å². The minimum atomic E-state index is 0.0441. The quantitative estimate of drug-likeness (QED) is 0.770. The fraction of sp³-hybridized carbons (Fsp3) is 0.125. The van der Waals surface area contributed by atoms with Crippen LogP contribution in [0.25, 0.3) is 10.9 Å². The van der Waals surface area contributed by atoms with Crippen molar-refractivity contribution in [2.75, 3.05) is 19.5 Å². The number of aromatic hydroxyl groups is 1. The van der Waals surface area contributed by atoms with Gasteiger partial charge in [0.1, 0.15) is 17.9 Å². The molecule has 1 aromatic heterocycles. The van der Waals surface area contributed by atoms with E-state index in [1.165, 1.54) is 13.4 Å². The normalized spacial score (nSPS) is 10.5. The third-order valence-corrected chi connectivity index (χ3v) is 3.29. The maximum atomic E-state index is 9.94. The molecule has 0 amide bonds. The highest BCUT2D eigenvalue weighted by molar-refractivity contribution is 5.92. The lowest BCUT2D eigenvalue weighted by atomic mass is 10.2. The molecule has 0 aliphatic heterocycles. The van der Waals surface area contributed by atoms with Gasteiger partial charge < -0.3 is 19.9 Å². The number of methoxy groups -OCH3 is 2. The molecule has 3 rings (SSSR count). The van der Waals surface area contributed by atoms with E-state index < -0.39 is 0 Å². The van der Waals surface area contributed by atoms with E-state index in [0.29, 0.717) is 22.5 Å². The molecule has 0 atom stereocenters. The number of anilines is 2. The minimum absolute atomic E-state index is 0.0441. The van der Waals surface area contributed by atoms with Gasteiger partial charge in [-0.3, -0.25) is 0 Å². The van der Waals surface area contributed by atoms with E-state index in [-0.39, 0.29) is 5.75 Å². The highest BCUT2D eigenvalue weighted by atomic mass is 16.5. The summed E-state index contributed by atoms with van der Waals surface area (Å²) < 4.78 is 10.2. The maximum Gasteiger partial charge on any atom is 0.162 e. The average Bonchev–Trinajstić information content (AvgIpc) is 2.55. The first-order chi connectivity index (χ1) is 10.7. The molecule has 6 heteroatoms. The topological polar surface area (TPSA) is 76.5 Å². The predicted molar refractivity (Wildman–Crippen MR) is 84.0 cm³/mol. The van der Waals surface area contributed by atoms with Gasteiger partial charge in [-0.1, -0.05) is 0 Å². The number of ether oxygens (including phenoxy) is 2. The highest BCUT2D eigenvalue weighted by Crippen LogP contribution is 2.33. The molecule has 2 aromatic carbocycles. The van der Waals surface area contributed by atoms with E-state index in [1.807, 2.05) is 24.3 Å². The molecule has 6 nitrogen and oxygen atoms in total. The van der Waals surface area contributed by atoms with Gasteiger partial charge in [-0.25, -0.2) is 9.97 Å². The van der Waals surface area contributed by atoms with Crippen LogP contribution in [0.3, 0.4) is 0 Å². The van der Waals surface area contributed by atoms with Crippen LogP contribution in [0.5, 0.6) is 17.2 Å². The second-order valence-electron chi connectivity index (χ2n) is 4.62. The number of phenols is 1.